The second kappa shape index (κ2) is 9.37. The summed E-state index contributed by atoms with van der Waals surface area (Å²) >= 11 is 1.71. The van der Waals surface area contributed by atoms with Crippen molar-refractivity contribution < 1.29 is 14.3 Å². The highest BCUT2D eigenvalue weighted by Crippen LogP contribution is 2.33. The summed E-state index contributed by atoms with van der Waals surface area (Å²) in [6.07, 6.45) is 5.47. The lowest BCUT2D eigenvalue weighted by Crippen LogP contribution is -2.25. The lowest BCUT2D eigenvalue weighted by atomic mass is 10.1. The summed E-state index contributed by atoms with van der Waals surface area (Å²) in [6.45, 7) is 2.50. The zero-order valence-electron chi connectivity index (χ0n) is 16.3. The Labute approximate surface area is 169 Å². The van der Waals surface area contributed by atoms with E-state index in [0.717, 1.165) is 28.9 Å². The molecule has 0 aliphatic carbocycles. The van der Waals surface area contributed by atoms with Crippen LogP contribution >= 0.6 is 11.3 Å². The molecule has 146 valence electrons. The SMILES string of the molecule is CC=Cc1cc(C(=O)NCCCc2nc3ccccc3s2)cc(OC)c1OC. The van der Waals surface area contributed by atoms with Gasteiger partial charge < -0.3 is 14.8 Å². The second-order valence-corrected chi connectivity index (χ2v) is 7.35. The van der Waals surface area contributed by atoms with E-state index in [1.165, 1.54) is 4.70 Å². The average Bonchev–Trinajstić information content (AvgIpc) is 3.13. The van der Waals surface area contributed by atoms with Crippen molar-refractivity contribution in [3.05, 3.63) is 58.6 Å². The Balaban J connectivity index is 1.61. The molecule has 1 amide bonds. The molecule has 1 aromatic heterocycles. The van der Waals surface area contributed by atoms with Gasteiger partial charge in [0.2, 0.25) is 0 Å². The third-order valence-electron chi connectivity index (χ3n) is 4.31. The number of hydrogen-bond acceptors (Lipinski definition) is 5. The van der Waals surface area contributed by atoms with E-state index in [1.54, 1.807) is 31.6 Å². The van der Waals surface area contributed by atoms with Crippen LogP contribution in [0.5, 0.6) is 11.5 Å². The average molecular weight is 397 g/mol. The Morgan fingerprint density at radius 3 is 2.75 bits per heavy atom. The van der Waals surface area contributed by atoms with Crippen LogP contribution in [0.1, 0.15) is 34.3 Å². The maximum Gasteiger partial charge on any atom is 0.251 e. The van der Waals surface area contributed by atoms with Gasteiger partial charge in [-0.25, -0.2) is 4.98 Å². The molecule has 0 atom stereocenters. The monoisotopic (exact) mass is 396 g/mol. The summed E-state index contributed by atoms with van der Waals surface area (Å²) in [5.41, 5.74) is 2.39. The molecule has 0 bridgehead atoms. The topological polar surface area (TPSA) is 60.5 Å². The molecule has 6 heteroatoms. The number of nitrogens with zero attached hydrogens (tertiary/aromatic N) is 1. The predicted molar refractivity (Wildman–Crippen MR) is 115 cm³/mol. The Kier molecular flexibility index (Phi) is 6.66. The summed E-state index contributed by atoms with van der Waals surface area (Å²) in [6, 6.07) is 11.6. The molecule has 0 spiro atoms. The molecule has 0 aliphatic heterocycles. The minimum Gasteiger partial charge on any atom is -0.493 e. The van der Waals surface area contributed by atoms with Crippen molar-refractivity contribution in [2.45, 2.75) is 19.8 Å². The van der Waals surface area contributed by atoms with Crippen LogP contribution in [0.15, 0.2) is 42.5 Å². The number of carbonyl (C=O) groups excluding carboxylic acids is 1. The van der Waals surface area contributed by atoms with Gasteiger partial charge >= 0.3 is 0 Å². The van der Waals surface area contributed by atoms with Crippen molar-refractivity contribution in [1.29, 1.82) is 0 Å². The largest absolute Gasteiger partial charge is 0.493 e. The van der Waals surface area contributed by atoms with E-state index < -0.39 is 0 Å². The number of fused-ring (bicyclic) bond motifs is 1. The summed E-state index contributed by atoms with van der Waals surface area (Å²) in [5.74, 6) is 1.03. The van der Waals surface area contributed by atoms with E-state index in [-0.39, 0.29) is 5.91 Å². The van der Waals surface area contributed by atoms with E-state index in [2.05, 4.69) is 16.4 Å². The van der Waals surface area contributed by atoms with Crippen molar-refractivity contribution in [3.8, 4) is 11.5 Å². The molecule has 0 unspecified atom stereocenters. The van der Waals surface area contributed by atoms with Crippen LogP contribution in [0.25, 0.3) is 16.3 Å². The summed E-state index contributed by atoms with van der Waals surface area (Å²) < 4.78 is 12.0. The van der Waals surface area contributed by atoms with Crippen molar-refractivity contribution in [1.82, 2.24) is 10.3 Å². The lowest BCUT2D eigenvalue weighted by molar-refractivity contribution is 0.0952. The number of thiazole rings is 1. The summed E-state index contributed by atoms with van der Waals surface area (Å²) in [4.78, 5) is 17.2. The zero-order chi connectivity index (χ0) is 19.9. The van der Waals surface area contributed by atoms with Gasteiger partial charge in [-0.3, -0.25) is 4.79 Å². The lowest BCUT2D eigenvalue weighted by Gasteiger charge is -2.13. The zero-order valence-corrected chi connectivity index (χ0v) is 17.1. The van der Waals surface area contributed by atoms with Crippen LogP contribution in [-0.2, 0) is 6.42 Å². The van der Waals surface area contributed by atoms with Crippen LogP contribution < -0.4 is 14.8 Å². The van der Waals surface area contributed by atoms with Gasteiger partial charge in [0.1, 0.15) is 0 Å². The number of carbonyl (C=O) groups is 1. The third kappa shape index (κ3) is 4.51. The third-order valence-corrected chi connectivity index (χ3v) is 5.40. The number of nitrogens with one attached hydrogen (secondary N) is 1. The minimum absolute atomic E-state index is 0.129. The first-order valence-corrected chi connectivity index (χ1v) is 9.99. The van der Waals surface area contributed by atoms with Gasteiger partial charge in [0.05, 0.1) is 29.4 Å². The normalized spacial score (nSPS) is 11.1. The summed E-state index contributed by atoms with van der Waals surface area (Å²) in [5, 5.41) is 4.07. The van der Waals surface area contributed by atoms with Crippen LogP contribution in [0.2, 0.25) is 0 Å². The first kappa shape index (κ1) is 19.9. The molecule has 3 aromatic rings. The molecule has 5 nitrogen and oxygen atoms in total. The van der Waals surface area contributed by atoms with Gasteiger partial charge in [0.15, 0.2) is 11.5 Å². The molecule has 0 radical (unpaired) electrons. The Hall–Kier alpha value is -2.86. The number of methoxy groups -OCH3 is 2. The molecule has 0 saturated carbocycles. The minimum atomic E-state index is -0.129. The van der Waals surface area contributed by atoms with Crippen LogP contribution in [0.3, 0.4) is 0 Å². The van der Waals surface area contributed by atoms with Gasteiger partial charge in [0, 0.05) is 24.1 Å². The van der Waals surface area contributed by atoms with E-state index in [9.17, 15) is 4.79 Å². The smallest absolute Gasteiger partial charge is 0.251 e. The molecule has 1 N–H and O–H groups in total. The van der Waals surface area contributed by atoms with Crippen LogP contribution in [0, 0.1) is 0 Å². The number of para-hydroxylation sites is 1. The van der Waals surface area contributed by atoms with E-state index >= 15 is 0 Å². The maximum atomic E-state index is 12.6. The maximum absolute atomic E-state index is 12.6. The number of ether oxygens (including phenoxy) is 2. The van der Waals surface area contributed by atoms with Crippen molar-refractivity contribution in [2.75, 3.05) is 20.8 Å². The van der Waals surface area contributed by atoms with Crippen LogP contribution in [-0.4, -0.2) is 31.7 Å². The van der Waals surface area contributed by atoms with Crippen LogP contribution in [0.4, 0.5) is 0 Å². The molecule has 28 heavy (non-hydrogen) atoms. The fourth-order valence-corrected chi connectivity index (χ4v) is 4.01. The van der Waals surface area contributed by atoms with Gasteiger partial charge in [-0.1, -0.05) is 24.3 Å². The molecule has 0 saturated heterocycles. The van der Waals surface area contributed by atoms with E-state index in [1.807, 2.05) is 43.3 Å². The molecule has 0 fully saturated rings. The molecule has 3 rings (SSSR count). The Morgan fingerprint density at radius 1 is 1.21 bits per heavy atom. The molecular weight excluding hydrogens is 372 g/mol. The Bertz CT molecular complexity index is 962. The van der Waals surface area contributed by atoms with Crippen molar-refractivity contribution in [2.24, 2.45) is 0 Å². The standard InChI is InChI=1S/C22H24N2O3S/c1-4-8-15-13-16(14-18(26-2)21(15)27-3)22(25)23-12-7-11-20-24-17-9-5-6-10-19(17)28-20/h4-6,8-10,13-14H,7,11-12H2,1-3H3,(H,23,25). The second-order valence-electron chi connectivity index (χ2n) is 6.24. The van der Waals surface area contributed by atoms with E-state index in [0.29, 0.717) is 23.6 Å². The first-order valence-electron chi connectivity index (χ1n) is 9.17. The molecule has 2 aromatic carbocycles. The highest BCUT2D eigenvalue weighted by Gasteiger charge is 2.15. The van der Waals surface area contributed by atoms with Crippen molar-refractivity contribution in [3.63, 3.8) is 0 Å². The van der Waals surface area contributed by atoms with Crippen molar-refractivity contribution >= 4 is 33.5 Å². The highest BCUT2D eigenvalue weighted by atomic mass is 32.1. The highest BCUT2D eigenvalue weighted by molar-refractivity contribution is 7.18. The first-order chi connectivity index (χ1) is 13.7. The summed E-state index contributed by atoms with van der Waals surface area (Å²) in [7, 11) is 3.16. The van der Waals surface area contributed by atoms with Gasteiger partial charge in [-0.05, 0) is 37.6 Å². The number of hydrogen-bond donors (Lipinski definition) is 1. The fourth-order valence-electron chi connectivity index (χ4n) is 3.00. The quantitative estimate of drug-likeness (QED) is 0.560. The number of benzene rings is 2. The number of aromatic nitrogens is 1. The van der Waals surface area contributed by atoms with Gasteiger partial charge in [-0.15, -0.1) is 11.3 Å². The Morgan fingerprint density at radius 2 is 2.04 bits per heavy atom. The fraction of sp³-hybridized carbons (Fsp3) is 0.273. The van der Waals surface area contributed by atoms with Gasteiger partial charge in [-0.2, -0.15) is 0 Å². The number of rotatable bonds is 8. The molecule has 1 heterocycles. The van der Waals surface area contributed by atoms with Gasteiger partial charge in [0.25, 0.3) is 5.91 Å². The van der Waals surface area contributed by atoms with E-state index in [4.69, 9.17) is 9.47 Å². The molecular formula is C22H24N2O3S. The number of amides is 1. The predicted octanol–water partition coefficient (Wildman–Crippen LogP) is 4.71. The molecule has 0 aliphatic rings. The number of aryl methyl sites for hydroxylation is 1. The number of allylic oxidation sites excluding steroid dienone is 1.